The molecule has 0 saturated carbocycles. The van der Waals surface area contributed by atoms with E-state index in [-0.39, 0.29) is 22.9 Å². The molecule has 3 N–H and O–H groups in total. The molecule has 1 amide bonds. The van der Waals surface area contributed by atoms with Crippen molar-refractivity contribution in [2.24, 2.45) is 5.14 Å². The first-order valence-electron chi connectivity index (χ1n) is 6.48. The largest absolute Gasteiger partial charge is 0.483 e. The molecular formula is C14H22N2O4S. The van der Waals surface area contributed by atoms with Crippen molar-refractivity contribution in [3.63, 3.8) is 0 Å². The summed E-state index contributed by atoms with van der Waals surface area (Å²) < 4.78 is 28.3. The lowest BCUT2D eigenvalue weighted by Crippen LogP contribution is -2.43. The lowest BCUT2D eigenvalue weighted by molar-refractivity contribution is -0.124. The second-order valence-corrected chi connectivity index (χ2v) is 7.47. The summed E-state index contributed by atoms with van der Waals surface area (Å²) in [6.07, 6.45) is 0. The Balaban J connectivity index is 2.88. The Morgan fingerprint density at radius 2 is 1.81 bits per heavy atom. The average Bonchev–Trinajstić information content (AvgIpc) is 2.27. The second kappa shape index (κ2) is 6.03. The number of nitrogens with one attached hydrogen (secondary N) is 1. The van der Waals surface area contributed by atoms with Crippen LogP contribution in [-0.4, -0.2) is 26.5 Å². The number of amides is 1. The Labute approximate surface area is 125 Å². The molecule has 0 atom stereocenters. The molecule has 0 heterocycles. The monoisotopic (exact) mass is 314 g/mol. The Bertz CT molecular complexity index is 646. The fourth-order valence-corrected chi connectivity index (χ4v) is 2.67. The quantitative estimate of drug-likeness (QED) is 0.873. The molecule has 7 heteroatoms. The minimum absolute atomic E-state index is 0.0616. The Hall–Kier alpha value is -1.60. The van der Waals surface area contributed by atoms with Gasteiger partial charge in [0.1, 0.15) is 5.75 Å². The molecule has 0 aliphatic carbocycles. The van der Waals surface area contributed by atoms with Crippen LogP contribution >= 0.6 is 0 Å². The van der Waals surface area contributed by atoms with Gasteiger partial charge in [-0.2, -0.15) is 0 Å². The van der Waals surface area contributed by atoms with Crippen molar-refractivity contribution in [1.29, 1.82) is 0 Å². The van der Waals surface area contributed by atoms with E-state index < -0.39 is 10.0 Å². The number of benzene rings is 1. The zero-order chi connectivity index (χ0) is 16.4. The van der Waals surface area contributed by atoms with Crippen LogP contribution < -0.4 is 15.2 Å². The van der Waals surface area contributed by atoms with Gasteiger partial charge in [-0.25, -0.2) is 13.6 Å². The highest BCUT2D eigenvalue weighted by atomic mass is 32.2. The van der Waals surface area contributed by atoms with Gasteiger partial charge in [-0.1, -0.05) is 0 Å². The molecule has 1 rings (SSSR count). The molecule has 0 aliphatic heterocycles. The van der Waals surface area contributed by atoms with Gasteiger partial charge < -0.3 is 10.1 Å². The minimum Gasteiger partial charge on any atom is -0.483 e. The number of hydrogen-bond donors (Lipinski definition) is 2. The molecule has 1 aromatic carbocycles. The number of sulfonamides is 1. The van der Waals surface area contributed by atoms with Gasteiger partial charge in [0.2, 0.25) is 10.0 Å². The van der Waals surface area contributed by atoms with Crippen molar-refractivity contribution in [2.75, 3.05) is 6.61 Å². The van der Waals surface area contributed by atoms with E-state index in [1.54, 1.807) is 13.8 Å². The first-order chi connectivity index (χ1) is 9.42. The van der Waals surface area contributed by atoms with Crippen molar-refractivity contribution >= 4 is 15.9 Å². The van der Waals surface area contributed by atoms with Crippen LogP contribution in [0.25, 0.3) is 0 Å². The van der Waals surface area contributed by atoms with Crippen molar-refractivity contribution in [2.45, 2.75) is 45.1 Å². The van der Waals surface area contributed by atoms with Crippen LogP contribution in [-0.2, 0) is 14.8 Å². The number of nitrogens with two attached hydrogens (primary N) is 1. The number of carbonyl (C=O) groups is 1. The minimum atomic E-state index is -3.76. The third-order valence-corrected chi connectivity index (χ3v) is 3.92. The fraction of sp³-hybridized carbons (Fsp3) is 0.500. The first-order valence-corrected chi connectivity index (χ1v) is 8.03. The van der Waals surface area contributed by atoms with E-state index >= 15 is 0 Å². The van der Waals surface area contributed by atoms with Crippen LogP contribution in [0.15, 0.2) is 17.0 Å². The molecule has 0 unspecified atom stereocenters. The van der Waals surface area contributed by atoms with Crippen molar-refractivity contribution in [3.8, 4) is 5.75 Å². The maximum Gasteiger partial charge on any atom is 0.258 e. The summed E-state index contributed by atoms with van der Waals surface area (Å²) in [7, 11) is -3.76. The van der Waals surface area contributed by atoms with Gasteiger partial charge in [0, 0.05) is 5.54 Å². The molecule has 0 saturated heterocycles. The summed E-state index contributed by atoms with van der Waals surface area (Å²) in [5.74, 6) is 0.221. The first kappa shape index (κ1) is 17.5. The van der Waals surface area contributed by atoms with Crippen LogP contribution in [0.2, 0.25) is 0 Å². The molecule has 0 spiro atoms. The molecule has 0 fully saturated rings. The predicted octanol–water partition coefficient (Wildman–Crippen LogP) is 1.24. The maximum absolute atomic E-state index is 11.7. The average molecular weight is 314 g/mol. The van der Waals surface area contributed by atoms with Crippen LogP contribution in [0.3, 0.4) is 0 Å². The second-order valence-electron chi connectivity index (χ2n) is 5.94. The lowest BCUT2D eigenvalue weighted by atomic mass is 10.1. The molecule has 0 bridgehead atoms. The highest BCUT2D eigenvalue weighted by molar-refractivity contribution is 7.89. The number of rotatable bonds is 4. The standard InChI is InChI=1S/C14H22N2O4S/c1-9-10(2)12(21(15,18)19)7-6-11(9)20-8-13(17)16-14(3,4)5/h6-7H,8H2,1-5H3,(H,16,17)(H2,15,18,19). The van der Waals surface area contributed by atoms with Crippen molar-refractivity contribution in [3.05, 3.63) is 23.3 Å². The Morgan fingerprint density at radius 3 is 2.29 bits per heavy atom. The molecule has 6 nitrogen and oxygen atoms in total. The lowest BCUT2D eigenvalue weighted by Gasteiger charge is -2.21. The van der Waals surface area contributed by atoms with Gasteiger partial charge in [0.05, 0.1) is 4.90 Å². The topological polar surface area (TPSA) is 98.5 Å². The van der Waals surface area contributed by atoms with Crippen LogP contribution in [0, 0.1) is 13.8 Å². The zero-order valence-electron chi connectivity index (χ0n) is 13.0. The Morgan fingerprint density at radius 1 is 1.24 bits per heavy atom. The van der Waals surface area contributed by atoms with E-state index in [2.05, 4.69) is 5.32 Å². The van der Waals surface area contributed by atoms with E-state index in [0.717, 1.165) is 0 Å². The number of carbonyl (C=O) groups excluding carboxylic acids is 1. The predicted molar refractivity (Wildman–Crippen MR) is 80.7 cm³/mol. The van der Waals surface area contributed by atoms with E-state index in [1.165, 1.54) is 12.1 Å². The molecule has 0 aromatic heterocycles. The third-order valence-electron chi connectivity index (χ3n) is 2.87. The summed E-state index contributed by atoms with van der Waals surface area (Å²) in [6, 6.07) is 2.89. The van der Waals surface area contributed by atoms with Crippen LogP contribution in [0.5, 0.6) is 5.75 Å². The summed E-state index contributed by atoms with van der Waals surface area (Å²) in [5.41, 5.74) is 0.833. The van der Waals surface area contributed by atoms with Gasteiger partial charge in [0.15, 0.2) is 6.61 Å². The van der Waals surface area contributed by atoms with Gasteiger partial charge >= 0.3 is 0 Å². The molecule has 0 aliphatic rings. The highest BCUT2D eigenvalue weighted by Crippen LogP contribution is 2.26. The van der Waals surface area contributed by atoms with Crippen molar-refractivity contribution in [1.82, 2.24) is 5.32 Å². The van der Waals surface area contributed by atoms with E-state index in [1.807, 2.05) is 20.8 Å². The summed E-state index contributed by atoms with van der Waals surface area (Å²) >= 11 is 0. The van der Waals surface area contributed by atoms with Gasteiger partial charge in [-0.15, -0.1) is 0 Å². The molecule has 1 aromatic rings. The van der Waals surface area contributed by atoms with Gasteiger partial charge in [-0.05, 0) is 57.9 Å². The normalized spacial score (nSPS) is 12.1. The van der Waals surface area contributed by atoms with Crippen molar-refractivity contribution < 1.29 is 17.9 Å². The maximum atomic E-state index is 11.7. The molecular weight excluding hydrogens is 292 g/mol. The van der Waals surface area contributed by atoms with Crippen LogP contribution in [0.4, 0.5) is 0 Å². The van der Waals surface area contributed by atoms with Crippen LogP contribution in [0.1, 0.15) is 31.9 Å². The zero-order valence-corrected chi connectivity index (χ0v) is 13.8. The third kappa shape index (κ3) is 5.02. The SMILES string of the molecule is Cc1c(OCC(=O)NC(C)(C)C)ccc(S(N)(=O)=O)c1C. The van der Waals surface area contributed by atoms with E-state index in [9.17, 15) is 13.2 Å². The number of primary sulfonamides is 1. The van der Waals surface area contributed by atoms with E-state index in [0.29, 0.717) is 16.9 Å². The number of ether oxygens (including phenoxy) is 1. The van der Waals surface area contributed by atoms with Gasteiger partial charge in [-0.3, -0.25) is 4.79 Å². The Kier molecular flexibility index (Phi) is 5.01. The fourth-order valence-electron chi connectivity index (χ4n) is 1.83. The smallest absolute Gasteiger partial charge is 0.258 e. The summed E-state index contributed by atoms with van der Waals surface area (Å²) in [4.78, 5) is 11.8. The highest BCUT2D eigenvalue weighted by Gasteiger charge is 2.17. The molecule has 21 heavy (non-hydrogen) atoms. The summed E-state index contributed by atoms with van der Waals surface area (Å²) in [5, 5.41) is 7.91. The number of hydrogen-bond acceptors (Lipinski definition) is 4. The summed E-state index contributed by atoms with van der Waals surface area (Å²) in [6.45, 7) is 8.87. The van der Waals surface area contributed by atoms with Gasteiger partial charge in [0.25, 0.3) is 5.91 Å². The molecule has 118 valence electrons. The molecule has 0 radical (unpaired) electrons. The van der Waals surface area contributed by atoms with E-state index in [4.69, 9.17) is 9.88 Å².